The molecule has 3 heteroatoms. The molecule has 0 bridgehead atoms. The van der Waals surface area contributed by atoms with Crippen LogP contribution < -0.4 is 0 Å². The number of hydrogen-bond acceptors (Lipinski definition) is 1. The van der Waals surface area contributed by atoms with Crippen molar-refractivity contribution in [2.24, 2.45) is 0 Å². The molecule has 1 nitrogen and oxygen atoms in total. The molecular formula is C8H6BrCdN. The maximum absolute atomic E-state index is 8.58. The Kier molecular flexibility index (Phi) is 5.78. The smallest absolute Gasteiger partial charge is 0.0994 e. The topological polar surface area (TPSA) is 23.8 Å². The van der Waals surface area contributed by atoms with Gasteiger partial charge in [0, 0.05) is 32.6 Å². The summed E-state index contributed by atoms with van der Waals surface area (Å²) in [6.45, 7) is 0. The van der Waals surface area contributed by atoms with Gasteiger partial charge in [0.25, 0.3) is 0 Å². The van der Waals surface area contributed by atoms with Gasteiger partial charge in [-0.25, -0.2) is 0 Å². The summed E-state index contributed by atoms with van der Waals surface area (Å²) < 4.78 is 0. The molecule has 1 aromatic rings. The van der Waals surface area contributed by atoms with Crippen LogP contribution in [0.25, 0.3) is 0 Å². The van der Waals surface area contributed by atoms with Crippen molar-refractivity contribution >= 4 is 15.9 Å². The van der Waals surface area contributed by atoms with Crippen LogP contribution >= 0.6 is 15.9 Å². The summed E-state index contributed by atoms with van der Waals surface area (Å²) in [4.78, 5) is 0. The van der Waals surface area contributed by atoms with Crippen LogP contribution in [-0.4, -0.2) is 0 Å². The zero-order chi connectivity index (χ0) is 7.40. The fourth-order valence-electron chi connectivity index (χ4n) is 0.746. The van der Waals surface area contributed by atoms with Crippen LogP contribution in [0.4, 0.5) is 0 Å². The van der Waals surface area contributed by atoms with Gasteiger partial charge in [-0.1, -0.05) is 34.1 Å². The van der Waals surface area contributed by atoms with Gasteiger partial charge in [0.05, 0.1) is 11.6 Å². The number of halogens is 1. The van der Waals surface area contributed by atoms with Gasteiger partial charge in [0.1, 0.15) is 0 Å². The van der Waals surface area contributed by atoms with Gasteiger partial charge in [-0.15, -0.1) is 0 Å². The number of nitrogens with zero attached hydrogens (tertiary/aromatic N) is 1. The fourth-order valence-corrected chi connectivity index (χ4v) is 1.23. The minimum atomic E-state index is 0. The van der Waals surface area contributed by atoms with Crippen LogP contribution in [0.15, 0.2) is 24.3 Å². The van der Waals surface area contributed by atoms with E-state index in [0.29, 0.717) is 0 Å². The molecule has 11 heavy (non-hydrogen) atoms. The van der Waals surface area contributed by atoms with Crippen LogP contribution in [0.2, 0.25) is 0 Å². The molecule has 0 aromatic heterocycles. The molecule has 0 radical (unpaired) electrons. The van der Waals surface area contributed by atoms with Gasteiger partial charge < -0.3 is 0 Å². The van der Waals surface area contributed by atoms with E-state index in [0.717, 1.165) is 16.5 Å². The molecule has 0 spiro atoms. The molecule has 0 heterocycles. The second-order valence-electron chi connectivity index (χ2n) is 1.90. The molecule has 0 saturated carbocycles. The zero-order valence-corrected chi connectivity index (χ0v) is 11.7. The first-order valence-electron chi connectivity index (χ1n) is 2.92. The fraction of sp³-hybridized carbons (Fsp3) is 0.125. The van der Waals surface area contributed by atoms with Crippen LogP contribution in [-0.2, 0) is 32.6 Å². The number of hydrogen-bond donors (Lipinski definition) is 0. The predicted molar refractivity (Wildman–Crippen MR) is 43.8 cm³/mol. The van der Waals surface area contributed by atoms with Crippen LogP contribution in [0.3, 0.4) is 0 Å². The maximum Gasteiger partial charge on any atom is 0.0994 e. The van der Waals surface area contributed by atoms with Gasteiger partial charge in [-0.05, 0) is 11.6 Å². The van der Waals surface area contributed by atoms with Gasteiger partial charge in [-0.3, -0.25) is 0 Å². The van der Waals surface area contributed by atoms with E-state index in [-0.39, 0.29) is 27.3 Å². The monoisotopic (exact) mass is 309 g/mol. The molecule has 1 aromatic carbocycles. The molecule has 1 rings (SSSR count). The van der Waals surface area contributed by atoms with Crippen LogP contribution in [0.5, 0.6) is 0 Å². The SMILES string of the molecule is N#Cc1ccccc1CBr.[Cd]. The maximum atomic E-state index is 8.58. The molecule has 0 aliphatic heterocycles. The standard InChI is InChI=1S/C8H6BrN.Cd/c9-5-7-3-1-2-4-8(7)6-10;/h1-4H,5H2;. The first-order valence-corrected chi connectivity index (χ1v) is 4.04. The normalized spacial score (nSPS) is 8.00. The van der Waals surface area contributed by atoms with Crippen LogP contribution in [0.1, 0.15) is 11.1 Å². The van der Waals surface area contributed by atoms with Crippen molar-refractivity contribution in [1.29, 1.82) is 5.26 Å². The molecule has 0 atom stereocenters. The molecule has 0 amide bonds. The summed E-state index contributed by atoms with van der Waals surface area (Å²) in [5, 5.41) is 9.33. The van der Waals surface area contributed by atoms with Crippen LogP contribution in [0, 0.1) is 11.3 Å². The Bertz CT molecular complexity index is 267. The van der Waals surface area contributed by atoms with Crippen molar-refractivity contribution < 1.29 is 27.3 Å². The Morgan fingerprint density at radius 2 is 2.00 bits per heavy atom. The zero-order valence-electron chi connectivity index (χ0n) is 6.05. The largest absolute Gasteiger partial charge is 0.192 e. The van der Waals surface area contributed by atoms with Gasteiger partial charge in [0.15, 0.2) is 0 Å². The molecule has 0 aliphatic carbocycles. The van der Waals surface area contributed by atoms with E-state index in [1.807, 2.05) is 24.3 Å². The minimum Gasteiger partial charge on any atom is -0.192 e. The van der Waals surface area contributed by atoms with Crippen molar-refractivity contribution in [3.63, 3.8) is 0 Å². The number of nitriles is 1. The van der Waals surface area contributed by atoms with Crippen molar-refractivity contribution in [3.8, 4) is 6.07 Å². The summed E-state index contributed by atoms with van der Waals surface area (Å²) in [6.07, 6.45) is 0. The van der Waals surface area contributed by atoms with E-state index >= 15 is 0 Å². The van der Waals surface area contributed by atoms with Crippen molar-refractivity contribution in [1.82, 2.24) is 0 Å². The van der Waals surface area contributed by atoms with E-state index in [9.17, 15) is 0 Å². The second kappa shape index (κ2) is 5.72. The van der Waals surface area contributed by atoms with E-state index in [1.165, 1.54) is 0 Å². The summed E-state index contributed by atoms with van der Waals surface area (Å²) in [7, 11) is 0. The Morgan fingerprint density at radius 3 is 2.45 bits per heavy atom. The summed E-state index contributed by atoms with van der Waals surface area (Å²) in [6, 6.07) is 9.66. The Labute approximate surface area is 94.7 Å². The summed E-state index contributed by atoms with van der Waals surface area (Å²) in [5.74, 6) is 0. The molecule has 0 saturated heterocycles. The first-order chi connectivity index (χ1) is 4.88. The van der Waals surface area contributed by atoms with E-state index in [1.54, 1.807) is 0 Å². The van der Waals surface area contributed by atoms with Gasteiger partial charge in [0.2, 0.25) is 0 Å². The van der Waals surface area contributed by atoms with Crippen molar-refractivity contribution in [2.75, 3.05) is 0 Å². The van der Waals surface area contributed by atoms with Crippen molar-refractivity contribution in [2.45, 2.75) is 5.33 Å². The molecule has 0 aliphatic rings. The third-order valence-corrected chi connectivity index (χ3v) is 1.89. The van der Waals surface area contributed by atoms with Gasteiger partial charge >= 0.3 is 0 Å². The third kappa shape index (κ3) is 2.91. The molecule has 0 fully saturated rings. The average Bonchev–Trinajstić information content (AvgIpc) is 2.04. The third-order valence-electron chi connectivity index (χ3n) is 1.28. The average molecular weight is 308 g/mol. The molecule has 52 valence electrons. The van der Waals surface area contributed by atoms with Gasteiger partial charge in [-0.2, -0.15) is 5.26 Å². The number of rotatable bonds is 1. The number of benzene rings is 1. The predicted octanol–water partition coefficient (Wildman–Crippen LogP) is 2.45. The van der Waals surface area contributed by atoms with E-state index in [4.69, 9.17) is 5.26 Å². The molecule has 0 N–H and O–H groups in total. The van der Waals surface area contributed by atoms with E-state index < -0.39 is 0 Å². The second-order valence-corrected chi connectivity index (χ2v) is 2.46. The Morgan fingerprint density at radius 1 is 1.36 bits per heavy atom. The first kappa shape index (κ1) is 11.1. The summed E-state index contributed by atoms with van der Waals surface area (Å²) >= 11 is 3.30. The van der Waals surface area contributed by atoms with Crippen molar-refractivity contribution in [3.05, 3.63) is 35.4 Å². The summed E-state index contributed by atoms with van der Waals surface area (Å²) in [5.41, 5.74) is 1.80. The Balaban J connectivity index is 0.000001000. The Hall–Kier alpha value is 0.112. The number of alkyl halides is 1. The quantitative estimate of drug-likeness (QED) is 0.577. The van der Waals surface area contributed by atoms with E-state index in [2.05, 4.69) is 22.0 Å². The molecule has 0 unspecified atom stereocenters. The molecular weight excluding hydrogens is 302 g/mol. The minimum absolute atomic E-state index is 0.